The Hall–Kier alpha value is -3.27. The van der Waals surface area contributed by atoms with Crippen LogP contribution in [0.1, 0.15) is 18.1 Å². The van der Waals surface area contributed by atoms with Crippen molar-refractivity contribution >= 4 is 68.1 Å². The van der Waals surface area contributed by atoms with Gasteiger partial charge in [0.05, 0.1) is 16.0 Å². The van der Waals surface area contributed by atoms with Crippen molar-refractivity contribution in [1.82, 2.24) is 4.90 Å². The number of anilines is 1. The Labute approximate surface area is 231 Å². The van der Waals surface area contributed by atoms with Crippen molar-refractivity contribution in [2.24, 2.45) is 0 Å². The molecule has 1 aliphatic rings. The second kappa shape index (κ2) is 12.3. The lowest BCUT2D eigenvalue weighted by molar-refractivity contribution is -0.127. The van der Waals surface area contributed by atoms with E-state index in [4.69, 9.17) is 21.1 Å². The zero-order valence-electron chi connectivity index (χ0n) is 19.7. The molecule has 1 aliphatic heterocycles. The van der Waals surface area contributed by atoms with Crippen LogP contribution >= 0.6 is 39.3 Å². The van der Waals surface area contributed by atoms with Crippen LogP contribution in [0.3, 0.4) is 0 Å². The average molecular weight is 602 g/mol. The molecule has 0 bridgehead atoms. The number of nitrogens with zero attached hydrogens (tertiary/aromatic N) is 1. The molecule has 0 atom stereocenters. The lowest BCUT2D eigenvalue weighted by Crippen LogP contribution is -2.36. The third kappa shape index (κ3) is 7.15. The highest BCUT2D eigenvalue weighted by Gasteiger charge is 2.36. The van der Waals surface area contributed by atoms with E-state index in [2.05, 4.69) is 21.2 Å². The number of carbonyl (C=O) groups is 3. The number of thioether (sulfide) groups is 1. The molecule has 1 saturated heterocycles. The fourth-order valence-electron chi connectivity index (χ4n) is 3.40. The first-order chi connectivity index (χ1) is 17.8. The van der Waals surface area contributed by atoms with Crippen LogP contribution < -0.4 is 14.8 Å². The Morgan fingerprint density at radius 2 is 1.78 bits per heavy atom. The van der Waals surface area contributed by atoms with E-state index in [1.165, 1.54) is 0 Å². The predicted molar refractivity (Wildman–Crippen MR) is 149 cm³/mol. The zero-order chi connectivity index (χ0) is 26.4. The molecule has 190 valence electrons. The normalized spacial score (nSPS) is 14.2. The van der Waals surface area contributed by atoms with Gasteiger partial charge in [0.15, 0.2) is 0 Å². The van der Waals surface area contributed by atoms with Crippen LogP contribution in [0, 0.1) is 0 Å². The smallest absolute Gasteiger partial charge is 0.294 e. The Morgan fingerprint density at radius 1 is 1.05 bits per heavy atom. The number of ether oxygens (including phenoxy) is 2. The molecule has 0 radical (unpaired) electrons. The molecule has 37 heavy (non-hydrogen) atoms. The van der Waals surface area contributed by atoms with Crippen LogP contribution in [0.5, 0.6) is 11.5 Å². The minimum Gasteiger partial charge on any atom is -0.494 e. The van der Waals surface area contributed by atoms with Crippen LogP contribution in [0.15, 0.2) is 76.1 Å². The van der Waals surface area contributed by atoms with Gasteiger partial charge in [0, 0.05) is 10.7 Å². The van der Waals surface area contributed by atoms with Gasteiger partial charge in [0.1, 0.15) is 24.7 Å². The first-order valence-electron chi connectivity index (χ1n) is 11.3. The van der Waals surface area contributed by atoms with Crippen molar-refractivity contribution in [3.05, 3.63) is 92.3 Å². The number of imide groups is 1. The molecule has 0 aromatic heterocycles. The number of rotatable bonds is 9. The largest absolute Gasteiger partial charge is 0.494 e. The van der Waals surface area contributed by atoms with Gasteiger partial charge < -0.3 is 14.8 Å². The van der Waals surface area contributed by atoms with Crippen molar-refractivity contribution in [2.75, 3.05) is 18.5 Å². The van der Waals surface area contributed by atoms with E-state index >= 15 is 0 Å². The van der Waals surface area contributed by atoms with E-state index < -0.39 is 17.1 Å². The third-order valence-corrected chi connectivity index (χ3v) is 6.96. The van der Waals surface area contributed by atoms with Crippen LogP contribution in [0.25, 0.3) is 6.08 Å². The van der Waals surface area contributed by atoms with Gasteiger partial charge in [-0.15, -0.1) is 0 Å². The maximum atomic E-state index is 12.8. The first kappa shape index (κ1) is 26.8. The molecule has 1 fully saturated rings. The molecule has 1 heterocycles. The van der Waals surface area contributed by atoms with Gasteiger partial charge in [-0.25, -0.2) is 0 Å². The Morgan fingerprint density at radius 3 is 2.46 bits per heavy atom. The monoisotopic (exact) mass is 600 g/mol. The van der Waals surface area contributed by atoms with Crippen LogP contribution in [0.4, 0.5) is 10.5 Å². The molecular formula is C27H22BrClN2O5S. The van der Waals surface area contributed by atoms with Gasteiger partial charge in [0.25, 0.3) is 11.1 Å². The molecular weight excluding hydrogens is 580 g/mol. The Balaban J connectivity index is 1.36. The lowest BCUT2D eigenvalue weighted by Gasteiger charge is -2.13. The second-order valence-electron chi connectivity index (χ2n) is 7.88. The molecule has 3 amide bonds. The SMILES string of the molecule is CCOc1ccc(NC(=O)CN2C(=O)S/C(=C/c3ccc(OCc4ccc(Cl)cc4)c(Br)c3)C2=O)cc1. The summed E-state index contributed by atoms with van der Waals surface area (Å²) in [4.78, 5) is 38.9. The quantitative estimate of drug-likeness (QED) is 0.273. The highest BCUT2D eigenvalue weighted by molar-refractivity contribution is 9.10. The number of benzene rings is 3. The minimum atomic E-state index is -0.518. The fraction of sp³-hybridized carbons (Fsp3) is 0.148. The summed E-state index contributed by atoms with van der Waals surface area (Å²) < 4.78 is 11.9. The predicted octanol–water partition coefficient (Wildman–Crippen LogP) is 6.76. The average Bonchev–Trinajstić information content (AvgIpc) is 3.13. The van der Waals surface area contributed by atoms with E-state index in [1.54, 1.807) is 60.7 Å². The first-order valence-corrected chi connectivity index (χ1v) is 13.3. The highest BCUT2D eigenvalue weighted by atomic mass is 79.9. The molecule has 3 aromatic carbocycles. The number of carbonyl (C=O) groups excluding carboxylic acids is 3. The molecule has 0 saturated carbocycles. The second-order valence-corrected chi connectivity index (χ2v) is 10.2. The topological polar surface area (TPSA) is 84.9 Å². The number of nitrogens with one attached hydrogen (secondary N) is 1. The van der Waals surface area contributed by atoms with E-state index in [0.29, 0.717) is 45.5 Å². The zero-order valence-corrected chi connectivity index (χ0v) is 22.9. The maximum Gasteiger partial charge on any atom is 0.294 e. The standard InChI is InChI=1S/C27H22BrClN2O5S/c1-2-35-21-10-8-20(9-11-21)30-25(32)15-31-26(33)24(37-27(31)34)14-18-5-12-23(22(28)13-18)36-16-17-3-6-19(29)7-4-17/h3-14H,2,15-16H2,1H3,(H,30,32)/b24-14+. The van der Waals surface area contributed by atoms with Gasteiger partial charge in [-0.05, 0) is 100 Å². The number of amides is 3. The van der Waals surface area contributed by atoms with E-state index in [9.17, 15) is 14.4 Å². The summed E-state index contributed by atoms with van der Waals surface area (Å²) in [6, 6.07) is 19.6. The Kier molecular flexibility index (Phi) is 8.91. The summed E-state index contributed by atoms with van der Waals surface area (Å²) in [5, 5.41) is 2.85. The summed E-state index contributed by atoms with van der Waals surface area (Å²) in [6.07, 6.45) is 1.61. The molecule has 0 aliphatic carbocycles. The van der Waals surface area contributed by atoms with Crippen LogP contribution in [-0.2, 0) is 16.2 Å². The summed E-state index contributed by atoms with van der Waals surface area (Å²) in [7, 11) is 0. The van der Waals surface area contributed by atoms with E-state index in [-0.39, 0.29) is 11.4 Å². The van der Waals surface area contributed by atoms with E-state index in [1.807, 2.05) is 19.1 Å². The molecule has 3 aromatic rings. The fourth-order valence-corrected chi connectivity index (χ4v) is 4.87. The summed E-state index contributed by atoms with van der Waals surface area (Å²) in [5.74, 6) is 0.323. The van der Waals surface area contributed by atoms with Crippen LogP contribution in [0.2, 0.25) is 5.02 Å². The number of halogens is 2. The molecule has 4 rings (SSSR count). The van der Waals surface area contributed by atoms with Crippen molar-refractivity contribution in [3.63, 3.8) is 0 Å². The van der Waals surface area contributed by atoms with Gasteiger partial charge in [-0.1, -0.05) is 29.8 Å². The molecule has 0 spiro atoms. The Bertz CT molecular complexity index is 1350. The van der Waals surface area contributed by atoms with E-state index in [0.717, 1.165) is 22.2 Å². The summed E-state index contributed by atoms with van der Waals surface area (Å²) >= 11 is 10.2. The summed E-state index contributed by atoms with van der Waals surface area (Å²) in [6.45, 7) is 2.41. The maximum absolute atomic E-state index is 12.8. The molecule has 1 N–H and O–H groups in total. The molecule has 0 unspecified atom stereocenters. The number of hydrogen-bond donors (Lipinski definition) is 1. The molecule has 10 heteroatoms. The van der Waals surface area contributed by atoms with Gasteiger partial charge in [0.2, 0.25) is 5.91 Å². The van der Waals surface area contributed by atoms with Gasteiger partial charge >= 0.3 is 0 Å². The van der Waals surface area contributed by atoms with Crippen molar-refractivity contribution in [2.45, 2.75) is 13.5 Å². The van der Waals surface area contributed by atoms with Gasteiger partial charge in [-0.3, -0.25) is 19.3 Å². The van der Waals surface area contributed by atoms with Crippen molar-refractivity contribution < 1.29 is 23.9 Å². The van der Waals surface area contributed by atoms with Crippen molar-refractivity contribution in [3.8, 4) is 11.5 Å². The van der Waals surface area contributed by atoms with Gasteiger partial charge in [-0.2, -0.15) is 0 Å². The lowest BCUT2D eigenvalue weighted by atomic mass is 10.2. The summed E-state index contributed by atoms with van der Waals surface area (Å²) in [5.41, 5.74) is 2.22. The van der Waals surface area contributed by atoms with Crippen molar-refractivity contribution in [1.29, 1.82) is 0 Å². The minimum absolute atomic E-state index is 0.237. The number of hydrogen-bond acceptors (Lipinski definition) is 6. The van der Waals surface area contributed by atoms with Crippen LogP contribution in [-0.4, -0.2) is 35.1 Å². The third-order valence-electron chi connectivity index (χ3n) is 5.19. The molecule has 7 nitrogen and oxygen atoms in total. The highest BCUT2D eigenvalue weighted by Crippen LogP contribution is 2.34.